The van der Waals surface area contributed by atoms with Crippen molar-refractivity contribution in [2.45, 2.75) is 11.3 Å². The highest BCUT2D eigenvalue weighted by atomic mass is 32.2. The van der Waals surface area contributed by atoms with Gasteiger partial charge >= 0.3 is 0 Å². The monoisotopic (exact) mass is 313 g/mol. The number of aryl methyl sites for hydroxylation is 1. The van der Waals surface area contributed by atoms with E-state index in [0.717, 1.165) is 49.9 Å². The summed E-state index contributed by atoms with van der Waals surface area (Å²) in [5.74, 6) is 2.42. The third-order valence-corrected chi connectivity index (χ3v) is 5.24. The molecule has 0 bridgehead atoms. The van der Waals surface area contributed by atoms with E-state index >= 15 is 0 Å². The lowest BCUT2D eigenvalue weighted by molar-refractivity contribution is 0.582. The molecule has 2 aliphatic rings. The molecule has 4 rings (SSSR count). The van der Waals surface area contributed by atoms with Crippen LogP contribution in [0.4, 0.5) is 11.8 Å². The van der Waals surface area contributed by atoms with Gasteiger partial charge in [0.1, 0.15) is 5.82 Å². The van der Waals surface area contributed by atoms with Gasteiger partial charge in [-0.05, 0) is 12.0 Å². The summed E-state index contributed by atoms with van der Waals surface area (Å²) in [4.78, 5) is 12.7. The second-order valence-corrected chi connectivity index (χ2v) is 6.68. The first-order valence-electron chi connectivity index (χ1n) is 7.67. The van der Waals surface area contributed by atoms with Gasteiger partial charge in [-0.1, -0.05) is 24.3 Å². The van der Waals surface area contributed by atoms with E-state index in [1.807, 2.05) is 11.8 Å². The molecule has 0 aliphatic carbocycles. The number of nitrogens with one attached hydrogen (secondary N) is 1. The fourth-order valence-electron chi connectivity index (χ4n) is 3.09. The van der Waals surface area contributed by atoms with Crippen molar-refractivity contribution in [3.63, 3.8) is 0 Å². The molecule has 22 heavy (non-hydrogen) atoms. The Kier molecular flexibility index (Phi) is 3.63. The molecule has 0 radical (unpaired) electrons. The largest absolute Gasteiger partial charge is 0.368 e. The Hall–Kier alpha value is -1.79. The first kappa shape index (κ1) is 13.8. The Morgan fingerprint density at radius 2 is 1.95 bits per heavy atom. The van der Waals surface area contributed by atoms with Crippen LogP contribution in [0.1, 0.15) is 5.56 Å². The van der Waals surface area contributed by atoms with Crippen LogP contribution in [0.3, 0.4) is 0 Å². The van der Waals surface area contributed by atoms with Crippen molar-refractivity contribution in [1.82, 2.24) is 15.3 Å². The molecule has 3 N–H and O–H groups in total. The second kappa shape index (κ2) is 5.78. The van der Waals surface area contributed by atoms with Crippen molar-refractivity contribution < 1.29 is 0 Å². The molecule has 1 aromatic heterocycles. The summed E-state index contributed by atoms with van der Waals surface area (Å²) >= 11 is 1.85. The van der Waals surface area contributed by atoms with Crippen LogP contribution in [0.5, 0.6) is 0 Å². The first-order valence-corrected chi connectivity index (χ1v) is 8.66. The van der Waals surface area contributed by atoms with E-state index in [2.05, 4.69) is 44.5 Å². The molecule has 0 spiro atoms. The van der Waals surface area contributed by atoms with Crippen LogP contribution in [0.25, 0.3) is 11.3 Å². The second-order valence-electron chi connectivity index (χ2n) is 5.58. The van der Waals surface area contributed by atoms with Gasteiger partial charge in [-0.15, -0.1) is 11.8 Å². The smallest absolute Gasteiger partial charge is 0.222 e. The van der Waals surface area contributed by atoms with E-state index in [1.54, 1.807) is 0 Å². The maximum atomic E-state index is 6.02. The van der Waals surface area contributed by atoms with E-state index in [1.165, 1.54) is 16.0 Å². The molecule has 3 heterocycles. The molecule has 0 amide bonds. The Morgan fingerprint density at radius 1 is 1.14 bits per heavy atom. The van der Waals surface area contributed by atoms with Gasteiger partial charge in [0.15, 0.2) is 0 Å². The molecule has 114 valence electrons. The molecule has 5 nitrogen and oxygen atoms in total. The SMILES string of the molecule is Nc1nc2c(c(N3CCNCC3)n1)SCCc1ccccc1-2. The quantitative estimate of drug-likeness (QED) is 0.836. The summed E-state index contributed by atoms with van der Waals surface area (Å²) in [5.41, 5.74) is 9.57. The summed E-state index contributed by atoms with van der Waals surface area (Å²) in [6, 6.07) is 8.50. The van der Waals surface area contributed by atoms with Crippen LogP contribution in [0.15, 0.2) is 29.2 Å². The molecular formula is C16H19N5S. The number of thioether (sulfide) groups is 1. The van der Waals surface area contributed by atoms with Gasteiger partial charge < -0.3 is 16.0 Å². The number of benzene rings is 1. The highest BCUT2D eigenvalue weighted by Crippen LogP contribution is 2.41. The van der Waals surface area contributed by atoms with Crippen molar-refractivity contribution in [3.05, 3.63) is 29.8 Å². The van der Waals surface area contributed by atoms with E-state index in [4.69, 9.17) is 5.73 Å². The maximum Gasteiger partial charge on any atom is 0.222 e. The van der Waals surface area contributed by atoms with Gasteiger partial charge in [0.2, 0.25) is 5.95 Å². The minimum absolute atomic E-state index is 0.365. The number of hydrogen-bond donors (Lipinski definition) is 2. The van der Waals surface area contributed by atoms with Crippen molar-refractivity contribution in [3.8, 4) is 11.3 Å². The van der Waals surface area contributed by atoms with Crippen LogP contribution in [0.2, 0.25) is 0 Å². The zero-order valence-corrected chi connectivity index (χ0v) is 13.2. The average molecular weight is 313 g/mol. The van der Waals surface area contributed by atoms with Gasteiger partial charge in [-0.25, -0.2) is 4.98 Å². The predicted octanol–water partition coefficient (Wildman–Crippen LogP) is 1.78. The number of piperazine rings is 1. The van der Waals surface area contributed by atoms with E-state index in [9.17, 15) is 0 Å². The Balaban J connectivity index is 1.88. The summed E-state index contributed by atoms with van der Waals surface area (Å²) in [6.45, 7) is 3.90. The number of nitrogen functional groups attached to an aromatic ring is 1. The minimum Gasteiger partial charge on any atom is -0.368 e. The number of rotatable bonds is 1. The number of nitrogens with two attached hydrogens (primary N) is 1. The maximum absolute atomic E-state index is 6.02. The molecule has 1 fully saturated rings. The highest BCUT2D eigenvalue weighted by molar-refractivity contribution is 7.99. The number of nitrogens with zero attached hydrogens (tertiary/aromatic N) is 3. The molecule has 0 unspecified atom stereocenters. The normalized spacial score (nSPS) is 17.5. The first-order chi connectivity index (χ1) is 10.8. The zero-order chi connectivity index (χ0) is 14.9. The minimum atomic E-state index is 0.365. The average Bonchev–Trinajstić information content (AvgIpc) is 2.75. The summed E-state index contributed by atoms with van der Waals surface area (Å²) in [7, 11) is 0. The number of hydrogen-bond acceptors (Lipinski definition) is 6. The Labute approximate surface area is 134 Å². The molecule has 0 atom stereocenters. The molecule has 0 saturated carbocycles. The van der Waals surface area contributed by atoms with E-state index in [-0.39, 0.29) is 0 Å². The van der Waals surface area contributed by atoms with Crippen molar-refractivity contribution in [1.29, 1.82) is 0 Å². The highest BCUT2D eigenvalue weighted by Gasteiger charge is 2.24. The molecule has 1 saturated heterocycles. The van der Waals surface area contributed by atoms with Crippen LogP contribution in [-0.4, -0.2) is 41.9 Å². The number of aromatic nitrogens is 2. The van der Waals surface area contributed by atoms with E-state index in [0.29, 0.717) is 5.95 Å². The molecule has 6 heteroatoms. The lowest BCUT2D eigenvalue weighted by atomic mass is 10.0. The van der Waals surface area contributed by atoms with Crippen LogP contribution >= 0.6 is 11.8 Å². The van der Waals surface area contributed by atoms with Crippen LogP contribution in [-0.2, 0) is 6.42 Å². The fraction of sp³-hybridized carbons (Fsp3) is 0.375. The zero-order valence-electron chi connectivity index (χ0n) is 12.4. The lowest BCUT2D eigenvalue weighted by Crippen LogP contribution is -2.44. The standard InChI is InChI=1S/C16H19N5S/c17-16-19-13-12-4-2-1-3-11(12)5-10-22-14(13)15(20-16)21-8-6-18-7-9-21/h1-4,18H,5-10H2,(H2,17,19,20). The summed E-state index contributed by atoms with van der Waals surface area (Å²) < 4.78 is 0. The van der Waals surface area contributed by atoms with Gasteiger partial charge in [-0.2, -0.15) is 4.98 Å². The third kappa shape index (κ3) is 2.42. The van der Waals surface area contributed by atoms with Gasteiger partial charge in [0, 0.05) is 37.5 Å². The Morgan fingerprint density at radius 3 is 2.82 bits per heavy atom. The molecule has 2 aromatic rings. The fourth-order valence-corrected chi connectivity index (χ4v) is 4.22. The van der Waals surface area contributed by atoms with Crippen LogP contribution in [0, 0.1) is 0 Å². The topological polar surface area (TPSA) is 67.1 Å². The predicted molar refractivity (Wildman–Crippen MR) is 91.4 cm³/mol. The molecular weight excluding hydrogens is 294 g/mol. The van der Waals surface area contributed by atoms with E-state index < -0.39 is 0 Å². The Bertz CT molecular complexity index is 697. The lowest BCUT2D eigenvalue weighted by Gasteiger charge is -2.30. The van der Waals surface area contributed by atoms with Gasteiger partial charge in [0.25, 0.3) is 0 Å². The summed E-state index contributed by atoms with van der Waals surface area (Å²) in [6.07, 6.45) is 1.05. The van der Waals surface area contributed by atoms with Crippen molar-refractivity contribution >= 4 is 23.5 Å². The van der Waals surface area contributed by atoms with Gasteiger partial charge in [-0.3, -0.25) is 0 Å². The van der Waals surface area contributed by atoms with Crippen LogP contribution < -0.4 is 16.0 Å². The third-order valence-electron chi connectivity index (χ3n) is 4.17. The van der Waals surface area contributed by atoms with Crippen molar-refractivity contribution in [2.75, 3.05) is 42.6 Å². The summed E-state index contributed by atoms with van der Waals surface area (Å²) in [5, 5.41) is 3.38. The van der Waals surface area contributed by atoms with Gasteiger partial charge in [0.05, 0.1) is 10.6 Å². The molecule has 2 aliphatic heterocycles. The number of fused-ring (bicyclic) bond motifs is 3. The van der Waals surface area contributed by atoms with Crippen molar-refractivity contribution in [2.24, 2.45) is 0 Å². The molecule has 1 aromatic carbocycles. The number of anilines is 2.